The third-order valence-corrected chi connectivity index (χ3v) is 4.83. The van der Waals surface area contributed by atoms with Crippen molar-refractivity contribution in [2.75, 3.05) is 34.4 Å². The number of nitrogens with zero attached hydrogens (tertiary/aromatic N) is 1. The average Bonchev–Trinajstić information content (AvgIpc) is 3.09. The highest BCUT2D eigenvalue weighted by Gasteiger charge is 2.40. The summed E-state index contributed by atoms with van der Waals surface area (Å²) >= 11 is 0. The van der Waals surface area contributed by atoms with Crippen LogP contribution >= 0.6 is 0 Å². The smallest absolute Gasteiger partial charge is 0.254 e. The van der Waals surface area contributed by atoms with Crippen LogP contribution in [-0.4, -0.2) is 50.3 Å². The quantitative estimate of drug-likeness (QED) is 0.870. The number of halogens is 1. The maximum Gasteiger partial charge on any atom is 0.254 e. The van der Waals surface area contributed by atoms with Crippen molar-refractivity contribution in [2.45, 2.75) is 12.0 Å². The number of β-amino-alcohol motifs (C(OH)–C–C–N with tert-alkyl or cyclic N) is 1. The van der Waals surface area contributed by atoms with Gasteiger partial charge in [0.2, 0.25) is 5.75 Å². The fraction of sp³-hybridized carbons (Fsp3) is 0.350. The van der Waals surface area contributed by atoms with Gasteiger partial charge in [-0.15, -0.1) is 0 Å². The Morgan fingerprint density at radius 1 is 1.07 bits per heavy atom. The lowest BCUT2D eigenvalue weighted by Gasteiger charge is -2.24. The molecule has 144 valence electrons. The Balaban J connectivity index is 1.86. The number of benzene rings is 2. The van der Waals surface area contributed by atoms with E-state index in [0.29, 0.717) is 41.3 Å². The highest BCUT2D eigenvalue weighted by Crippen LogP contribution is 2.39. The van der Waals surface area contributed by atoms with E-state index in [1.165, 1.54) is 33.5 Å². The van der Waals surface area contributed by atoms with Crippen molar-refractivity contribution in [3.05, 3.63) is 53.3 Å². The zero-order chi connectivity index (χ0) is 19.6. The lowest BCUT2D eigenvalue weighted by Crippen LogP contribution is -2.34. The van der Waals surface area contributed by atoms with Gasteiger partial charge in [-0.3, -0.25) is 4.79 Å². The Morgan fingerprint density at radius 3 is 2.19 bits per heavy atom. The summed E-state index contributed by atoms with van der Waals surface area (Å²) < 4.78 is 29.0. The second kappa shape index (κ2) is 7.44. The third kappa shape index (κ3) is 3.55. The summed E-state index contributed by atoms with van der Waals surface area (Å²) in [7, 11) is 4.45. The predicted octanol–water partition coefficient (Wildman–Crippen LogP) is 2.59. The Bertz CT molecular complexity index is 814. The van der Waals surface area contributed by atoms with Crippen molar-refractivity contribution >= 4 is 5.91 Å². The first-order chi connectivity index (χ1) is 12.9. The predicted molar refractivity (Wildman–Crippen MR) is 96.9 cm³/mol. The molecule has 1 aliphatic rings. The fourth-order valence-electron chi connectivity index (χ4n) is 3.35. The lowest BCUT2D eigenvalue weighted by molar-refractivity contribution is 0.0416. The van der Waals surface area contributed by atoms with Gasteiger partial charge in [-0.2, -0.15) is 0 Å². The molecule has 1 aliphatic heterocycles. The monoisotopic (exact) mass is 375 g/mol. The average molecular weight is 375 g/mol. The molecule has 3 rings (SSSR count). The minimum atomic E-state index is -1.20. The molecule has 6 nitrogen and oxygen atoms in total. The topological polar surface area (TPSA) is 68.2 Å². The van der Waals surface area contributed by atoms with Crippen LogP contribution in [0.2, 0.25) is 0 Å². The number of hydrogen-bond acceptors (Lipinski definition) is 5. The summed E-state index contributed by atoms with van der Waals surface area (Å²) in [5, 5.41) is 10.9. The Kier molecular flexibility index (Phi) is 5.23. The molecule has 1 amide bonds. The first-order valence-electron chi connectivity index (χ1n) is 8.49. The van der Waals surface area contributed by atoms with Crippen LogP contribution in [0, 0.1) is 5.82 Å². The van der Waals surface area contributed by atoms with Crippen LogP contribution in [0.15, 0.2) is 36.4 Å². The molecule has 27 heavy (non-hydrogen) atoms. The summed E-state index contributed by atoms with van der Waals surface area (Å²) in [5.41, 5.74) is -0.249. The minimum absolute atomic E-state index is 0.119. The van der Waals surface area contributed by atoms with E-state index in [0.717, 1.165) is 0 Å². The van der Waals surface area contributed by atoms with Crippen molar-refractivity contribution in [1.29, 1.82) is 0 Å². The van der Waals surface area contributed by atoms with Crippen LogP contribution in [0.5, 0.6) is 17.2 Å². The number of aliphatic hydroxyl groups is 1. The number of amides is 1. The summed E-state index contributed by atoms with van der Waals surface area (Å²) in [6, 6.07) is 8.86. The molecule has 0 bridgehead atoms. The number of rotatable bonds is 5. The van der Waals surface area contributed by atoms with E-state index in [2.05, 4.69) is 0 Å². The molecule has 1 fully saturated rings. The molecule has 0 unspecified atom stereocenters. The van der Waals surface area contributed by atoms with Crippen LogP contribution < -0.4 is 14.2 Å². The molecule has 2 aromatic carbocycles. The van der Waals surface area contributed by atoms with Crippen LogP contribution in [-0.2, 0) is 5.60 Å². The van der Waals surface area contributed by atoms with E-state index in [1.807, 2.05) is 0 Å². The van der Waals surface area contributed by atoms with Gasteiger partial charge < -0.3 is 24.2 Å². The maximum absolute atomic E-state index is 13.1. The van der Waals surface area contributed by atoms with Gasteiger partial charge in [-0.1, -0.05) is 12.1 Å². The Morgan fingerprint density at radius 2 is 1.67 bits per heavy atom. The molecule has 1 saturated heterocycles. The summed E-state index contributed by atoms with van der Waals surface area (Å²) in [5.74, 6) is 0.542. The highest BCUT2D eigenvalue weighted by molar-refractivity contribution is 5.96. The van der Waals surface area contributed by atoms with Gasteiger partial charge >= 0.3 is 0 Å². The Hall–Kier alpha value is -2.80. The van der Waals surface area contributed by atoms with Crippen LogP contribution in [0.3, 0.4) is 0 Å². The van der Waals surface area contributed by atoms with Crippen LogP contribution in [0.4, 0.5) is 4.39 Å². The summed E-state index contributed by atoms with van der Waals surface area (Å²) in [4.78, 5) is 14.5. The van der Waals surface area contributed by atoms with Gasteiger partial charge in [-0.25, -0.2) is 4.39 Å². The standard InChI is InChI=1S/C20H22FNO5/c1-25-16-10-13(11-17(26-2)18(16)27-3)19(23)22-9-8-20(24,12-22)14-4-6-15(21)7-5-14/h4-7,10-11,24H,8-9,12H2,1-3H3/t20-/m1/s1. The zero-order valence-corrected chi connectivity index (χ0v) is 15.5. The van der Waals surface area contributed by atoms with E-state index >= 15 is 0 Å². The van der Waals surface area contributed by atoms with Crippen LogP contribution in [0.1, 0.15) is 22.3 Å². The molecule has 1 atom stereocenters. The number of methoxy groups -OCH3 is 3. The molecule has 0 saturated carbocycles. The molecule has 2 aromatic rings. The lowest BCUT2D eigenvalue weighted by atomic mass is 9.93. The molecule has 7 heteroatoms. The first-order valence-corrected chi connectivity index (χ1v) is 8.49. The van der Waals surface area contributed by atoms with Crippen molar-refractivity contribution < 1.29 is 28.5 Å². The van der Waals surface area contributed by atoms with Crippen molar-refractivity contribution in [3.63, 3.8) is 0 Å². The third-order valence-electron chi connectivity index (χ3n) is 4.83. The molecule has 0 aliphatic carbocycles. The van der Waals surface area contributed by atoms with Gasteiger partial charge in [0.05, 0.1) is 27.9 Å². The molecular formula is C20H22FNO5. The van der Waals surface area contributed by atoms with Gasteiger partial charge in [-0.05, 0) is 36.2 Å². The fourth-order valence-corrected chi connectivity index (χ4v) is 3.35. The molecular weight excluding hydrogens is 353 g/mol. The van der Waals surface area contributed by atoms with E-state index < -0.39 is 5.60 Å². The van der Waals surface area contributed by atoms with E-state index in [4.69, 9.17) is 14.2 Å². The summed E-state index contributed by atoms with van der Waals surface area (Å²) in [6.07, 6.45) is 0.370. The maximum atomic E-state index is 13.1. The van der Waals surface area contributed by atoms with Crippen molar-refractivity contribution in [3.8, 4) is 17.2 Å². The van der Waals surface area contributed by atoms with Gasteiger partial charge in [0.1, 0.15) is 11.4 Å². The Labute approximate surface area is 157 Å². The number of carbonyl (C=O) groups excluding carboxylic acids is 1. The highest BCUT2D eigenvalue weighted by atomic mass is 19.1. The molecule has 0 aromatic heterocycles. The second-order valence-corrected chi connectivity index (χ2v) is 6.43. The molecule has 1 heterocycles. The molecule has 0 radical (unpaired) electrons. The second-order valence-electron chi connectivity index (χ2n) is 6.43. The van der Waals surface area contributed by atoms with Gasteiger partial charge in [0.15, 0.2) is 11.5 Å². The normalized spacial score (nSPS) is 19.1. The van der Waals surface area contributed by atoms with E-state index in [1.54, 1.807) is 29.2 Å². The number of likely N-dealkylation sites (tertiary alicyclic amines) is 1. The largest absolute Gasteiger partial charge is 0.493 e. The molecule has 0 spiro atoms. The number of carbonyl (C=O) groups is 1. The van der Waals surface area contributed by atoms with Crippen LogP contribution in [0.25, 0.3) is 0 Å². The first kappa shape index (κ1) is 19.0. The minimum Gasteiger partial charge on any atom is -0.493 e. The van der Waals surface area contributed by atoms with Gasteiger partial charge in [0.25, 0.3) is 5.91 Å². The number of hydrogen-bond donors (Lipinski definition) is 1. The summed E-state index contributed by atoms with van der Waals surface area (Å²) in [6.45, 7) is 0.498. The van der Waals surface area contributed by atoms with Gasteiger partial charge in [0, 0.05) is 12.1 Å². The van der Waals surface area contributed by atoms with E-state index in [9.17, 15) is 14.3 Å². The molecule has 1 N–H and O–H groups in total. The number of ether oxygens (including phenoxy) is 3. The SMILES string of the molecule is COc1cc(C(=O)N2CC[C@](O)(c3ccc(F)cc3)C2)cc(OC)c1OC. The van der Waals surface area contributed by atoms with Crippen molar-refractivity contribution in [1.82, 2.24) is 4.90 Å². The van der Waals surface area contributed by atoms with Crippen molar-refractivity contribution in [2.24, 2.45) is 0 Å². The van der Waals surface area contributed by atoms with E-state index in [-0.39, 0.29) is 18.3 Å². The zero-order valence-electron chi connectivity index (χ0n) is 15.5.